The minimum Gasteiger partial charge on any atom is -0.363 e. The highest BCUT2D eigenvalue weighted by Gasteiger charge is 2.49. The van der Waals surface area contributed by atoms with Gasteiger partial charge >= 0.3 is 0 Å². The second-order valence-electron chi connectivity index (χ2n) is 7.97. The maximum absolute atomic E-state index is 13.4. The third-order valence-electron chi connectivity index (χ3n) is 5.93. The Bertz CT molecular complexity index is 913. The molecule has 2 aromatic rings. The van der Waals surface area contributed by atoms with Crippen LogP contribution in [0.15, 0.2) is 36.7 Å². The largest absolute Gasteiger partial charge is 0.363 e. The molecule has 1 aromatic carbocycles. The zero-order valence-corrected chi connectivity index (χ0v) is 16.7. The van der Waals surface area contributed by atoms with Crippen molar-refractivity contribution in [2.75, 3.05) is 24.6 Å². The van der Waals surface area contributed by atoms with E-state index in [0.717, 1.165) is 5.56 Å². The van der Waals surface area contributed by atoms with Crippen LogP contribution in [0.3, 0.4) is 0 Å². The second kappa shape index (κ2) is 7.59. The lowest BCUT2D eigenvalue weighted by atomic mass is 9.85. The Labute approximate surface area is 169 Å². The molecule has 2 amide bonds. The van der Waals surface area contributed by atoms with E-state index >= 15 is 0 Å². The van der Waals surface area contributed by atoms with E-state index < -0.39 is 5.60 Å². The van der Waals surface area contributed by atoms with E-state index in [-0.39, 0.29) is 30.3 Å². The highest BCUT2D eigenvalue weighted by molar-refractivity contribution is 5.96. The minimum absolute atomic E-state index is 0.0146. The van der Waals surface area contributed by atoms with E-state index in [1.165, 1.54) is 12.1 Å². The van der Waals surface area contributed by atoms with Crippen LogP contribution < -0.4 is 4.90 Å². The van der Waals surface area contributed by atoms with Gasteiger partial charge in [0.1, 0.15) is 12.4 Å². The third kappa shape index (κ3) is 3.89. The van der Waals surface area contributed by atoms with Gasteiger partial charge in [-0.1, -0.05) is 0 Å². The first-order valence-corrected chi connectivity index (χ1v) is 9.82. The number of anilines is 1. The summed E-state index contributed by atoms with van der Waals surface area (Å²) in [5.74, 6) is -0.482. The lowest BCUT2D eigenvalue weighted by Gasteiger charge is -2.52. The predicted octanol–water partition coefficient (Wildman–Crippen LogP) is 1.91. The number of hydrogen-bond donors (Lipinski definition) is 0. The van der Waals surface area contributed by atoms with Gasteiger partial charge in [-0.15, -0.1) is 0 Å². The number of aryl methyl sites for hydroxylation is 2. The number of benzene rings is 1. The fraction of sp³-hybridized carbons (Fsp3) is 0.476. The van der Waals surface area contributed by atoms with Crippen molar-refractivity contribution in [1.82, 2.24) is 14.7 Å². The lowest BCUT2D eigenvalue weighted by molar-refractivity contribution is -0.156. The molecule has 29 heavy (non-hydrogen) atoms. The molecule has 7 nitrogen and oxygen atoms in total. The molecule has 2 atom stereocenters. The number of halogens is 1. The zero-order valence-electron chi connectivity index (χ0n) is 16.7. The van der Waals surface area contributed by atoms with E-state index in [0.29, 0.717) is 38.0 Å². The number of ether oxygens (including phenoxy) is 1. The van der Waals surface area contributed by atoms with Gasteiger partial charge in [-0.25, -0.2) is 4.39 Å². The highest BCUT2D eigenvalue weighted by atomic mass is 19.1. The number of aromatic nitrogens is 2. The maximum Gasteiger partial charge on any atom is 0.253 e. The van der Waals surface area contributed by atoms with Crippen molar-refractivity contribution in [3.63, 3.8) is 0 Å². The van der Waals surface area contributed by atoms with Crippen molar-refractivity contribution in [1.29, 1.82) is 0 Å². The van der Waals surface area contributed by atoms with Crippen LogP contribution >= 0.6 is 0 Å². The van der Waals surface area contributed by atoms with Crippen LogP contribution in [0.2, 0.25) is 0 Å². The Morgan fingerprint density at radius 3 is 2.79 bits per heavy atom. The molecule has 0 N–H and O–H groups in total. The maximum atomic E-state index is 13.4. The van der Waals surface area contributed by atoms with Crippen LogP contribution in [-0.2, 0) is 27.8 Å². The van der Waals surface area contributed by atoms with E-state index in [1.54, 1.807) is 32.8 Å². The molecular formula is C21H25FN4O3. The summed E-state index contributed by atoms with van der Waals surface area (Å²) in [5, 5.41) is 4.13. The first-order valence-electron chi connectivity index (χ1n) is 9.82. The lowest BCUT2D eigenvalue weighted by Crippen LogP contribution is -2.68. The number of piperidine rings is 1. The van der Waals surface area contributed by atoms with Gasteiger partial charge < -0.3 is 14.5 Å². The highest BCUT2D eigenvalue weighted by Crippen LogP contribution is 2.36. The summed E-state index contributed by atoms with van der Waals surface area (Å²) in [6, 6.07) is 5.57. The van der Waals surface area contributed by atoms with Gasteiger partial charge in [-0.05, 0) is 49.6 Å². The average Bonchev–Trinajstić information content (AvgIpc) is 3.12. The SMILES string of the molecule is Cn1cc(CCC(=O)N2CC[C@@]3(C)OCC(=O)N(c4ccc(F)cc4)[C@@H]3C2)cn1. The van der Waals surface area contributed by atoms with Crippen LogP contribution in [0, 0.1) is 5.82 Å². The van der Waals surface area contributed by atoms with Crippen LogP contribution in [0.4, 0.5) is 10.1 Å². The molecule has 8 heteroatoms. The molecule has 2 saturated heterocycles. The quantitative estimate of drug-likeness (QED) is 0.786. The molecule has 0 aliphatic carbocycles. The fourth-order valence-corrected chi connectivity index (χ4v) is 4.17. The van der Waals surface area contributed by atoms with Crippen molar-refractivity contribution in [3.8, 4) is 0 Å². The summed E-state index contributed by atoms with van der Waals surface area (Å²) >= 11 is 0. The number of carbonyl (C=O) groups excluding carboxylic acids is 2. The molecule has 2 aliphatic heterocycles. The molecule has 0 bridgehead atoms. The molecule has 154 valence electrons. The Morgan fingerprint density at radius 2 is 2.10 bits per heavy atom. The summed E-state index contributed by atoms with van der Waals surface area (Å²) in [6.45, 7) is 2.95. The number of rotatable bonds is 4. The van der Waals surface area contributed by atoms with E-state index in [1.807, 2.05) is 20.2 Å². The van der Waals surface area contributed by atoms with E-state index in [9.17, 15) is 14.0 Å². The second-order valence-corrected chi connectivity index (χ2v) is 7.97. The predicted molar refractivity (Wildman–Crippen MR) is 105 cm³/mol. The summed E-state index contributed by atoms with van der Waals surface area (Å²) in [4.78, 5) is 29.0. The first kappa shape index (κ1) is 19.6. The Morgan fingerprint density at radius 1 is 1.34 bits per heavy atom. The molecule has 3 heterocycles. The summed E-state index contributed by atoms with van der Waals surface area (Å²) in [5.41, 5.74) is 1.11. The van der Waals surface area contributed by atoms with Crippen LogP contribution in [0.1, 0.15) is 25.3 Å². The van der Waals surface area contributed by atoms with Crippen molar-refractivity contribution in [3.05, 3.63) is 48.0 Å². The summed E-state index contributed by atoms with van der Waals surface area (Å²) < 4.78 is 21.0. The smallest absolute Gasteiger partial charge is 0.253 e. The molecule has 0 unspecified atom stereocenters. The molecule has 0 radical (unpaired) electrons. The van der Waals surface area contributed by atoms with Crippen LogP contribution in [-0.4, -0.2) is 57.8 Å². The normalized spacial score (nSPS) is 24.5. The van der Waals surface area contributed by atoms with Gasteiger partial charge in [0.25, 0.3) is 5.91 Å². The monoisotopic (exact) mass is 400 g/mol. The van der Waals surface area contributed by atoms with E-state index in [4.69, 9.17) is 4.74 Å². The first-order chi connectivity index (χ1) is 13.9. The van der Waals surface area contributed by atoms with Gasteiger partial charge in [-0.2, -0.15) is 5.10 Å². The van der Waals surface area contributed by atoms with E-state index in [2.05, 4.69) is 5.10 Å². The summed E-state index contributed by atoms with van der Waals surface area (Å²) in [6.07, 6.45) is 5.33. The number of likely N-dealkylation sites (tertiary alicyclic amines) is 1. The Balaban J connectivity index is 1.50. The number of hydrogen-bond acceptors (Lipinski definition) is 4. The van der Waals surface area contributed by atoms with Gasteiger partial charge in [0.05, 0.1) is 17.8 Å². The Hall–Kier alpha value is -2.74. The van der Waals surface area contributed by atoms with Crippen molar-refractivity contribution >= 4 is 17.5 Å². The van der Waals surface area contributed by atoms with Crippen LogP contribution in [0.5, 0.6) is 0 Å². The van der Waals surface area contributed by atoms with Gasteiger partial charge in [0.15, 0.2) is 0 Å². The van der Waals surface area contributed by atoms with Gasteiger partial charge in [-0.3, -0.25) is 14.3 Å². The van der Waals surface area contributed by atoms with Gasteiger partial charge in [0, 0.05) is 38.4 Å². The number of fused-ring (bicyclic) bond motifs is 1. The topological polar surface area (TPSA) is 67.7 Å². The molecule has 2 fully saturated rings. The Kier molecular flexibility index (Phi) is 5.12. The number of amides is 2. The summed E-state index contributed by atoms with van der Waals surface area (Å²) in [7, 11) is 1.85. The molecule has 4 rings (SSSR count). The molecule has 0 spiro atoms. The standard InChI is InChI=1S/C21H25FN4O3/c1-21-9-10-25(19(27)8-3-15-11-23-24(2)12-15)13-18(21)26(20(28)14-29-21)17-6-4-16(22)5-7-17/h4-7,11-12,18H,3,8-10,13-14H2,1-2H3/t18-,21-/m1/s1. The van der Waals surface area contributed by atoms with Crippen molar-refractivity contribution in [2.45, 2.75) is 37.8 Å². The van der Waals surface area contributed by atoms with Gasteiger partial charge in [0.2, 0.25) is 5.91 Å². The molecule has 1 aromatic heterocycles. The fourth-order valence-electron chi connectivity index (χ4n) is 4.17. The molecular weight excluding hydrogens is 375 g/mol. The zero-order chi connectivity index (χ0) is 20.6. The number of morpholine rings is 1. The van der Waals surface area contributed by atoms with Crippen LogP contribution in [0.25, 0.3) is 0 Å². The average molecular weight is 400 g/mol. The molecule has 0 saturated carbocycles. The molecule has 2 aliphatic rings. The number of carbonyl (C=O) groups is 2. The van der Waals surface area contributed by atoms with Crippen molar-refractivity contribution < 1.29 is 18.7 Å². The third-order valence-corrected chi connectivity index (χ3v) is 5.93. The van der Waals surface area contributed by atoms with Crippen molar-refractivity contribution in [2.24, 2.45) is 7.05 Å². The number of nitrogens with zero attached hydrogens (tertiary/aromatic N) is 4. The minimum atomic E-state index is -0.539.